The molecule has 2 fully saturated rings. The quantitative estimate of drug-likeness (QED) is 0.693. The van der Waals surface area contributed by atoms with Crippen molar-refractivity contribution >= 4 is 23.3 Å². The van der Waals surface area contributed by atoms with Crippen LogP contribution in [0.4, 0.5) is 0 Å². The first-order valence-corrected chi connectivity index (χ1v) is 10.9. The van der Waals surface area contributed by atoms with Gasteiger partial charge in [-0.2, -0.15) is 11.8 Å². The summed E-state index contributed by atoms with van der Waals surface area (Å²) in [5, 5.41) is 0. The van der Waals surface area contributed by atoms with E-state index in [9.17, 15) is 9.59 Å². The monoisotopic (exact) mass is 344 g/mol. The van der Waals surface area contributed by atoms with E-state index in [0.29, 0.717) is 29.8 Å². The first-order chi connectivity index (χ1) is 11.5. The third-order valence-electron chi connectivity index (χ3n) is 7.53. The van der Waals surface area contributed by atoms with Gasteiger partial charge in [0.05, 0.1) is 0 Å². The zero-order chi connectivity index (χ0) is 16.9. The maximum absolute atomic E-state index is 12.5. The number of allylic oxidation sites excluding steroid dienone is 4. The molecule has 0 spiro atoms. The lowest BCUT2D eigenvalue weighted by Crippen LogP contribution is -2.45. The van der Waals surface area contributed by atoms with Gasteiger partial charge in [-0.15, -0.1) is 0 Å². The fraction of sp³-hybridized carbons (Fsp3) is 0.714. The largest absolute Gasteiger partial charge is 0.299 e. The molecule has 4 aliphatic rings. The van der Waals surface area contributed by atoms with E-state index in [1.807, 2.05) is 17.8 Å². The van der Waals surface area contributed by atoms with Crippen molar-refractivity contribution in [3.63, 3.8) is 0 Å². The molecule has 0 N–H and O–H groups in total. The Hall–Kier alpha value is -0.830. The smallest absolute Gasteiger partial charge is 0.155 e. The van der Waals surface area contributed by atoms with Gasteiger partial charge in [0.25, 0.3) is 0 Å². The van der Waals surface area contributed by atoms with Crippen LogP contribution in [-0.4, -0.2) is 23.6 Å². The van der Waals surface area contributed by atoms with Gasteiger partial charge in [0.15, 0.2) is 5.78 Å². The number of thioether (sulfide) groups is 1. The van der Waals surface area contributed by atoms with Gasteiger partial charge in [0.2, 0.25) is 0 Å². The third kappa shape index (κ3) is 2.23. The van der Waals surface area contributed by atoms with E-state index in [1.165, 1.54) is 5.57 Å². The van der Waals surface area contributed by atoms with Crippen LogP contribution in [-0.2, 0) is 9.59 Å². The van der Waals surface area contributed by atoms with E-state index >= 15 is 0 Å². The Kier molecular flexibility index (Phi) is 4.06. The van der Waals surface area contributed by atoms with Crippen LogP contribution in [0.2, 0.25) is 0 Å². The van der Waals surface area contributed by atoms with Gasteiger partial charge < -0.3 is 0 Å². The van der Waals surface area contributed by atoms with Gasteiger partial charge in [0, 0.05) is 23.7 Å². The Morgan fingerprint density at radius 1 is 1.21 bits per heavy atom. The Balaban J connectivity index is 1.77. The molecule has 0 unspecified atom stereocenters. The van der Waals surface area contributed by atoms with Crippen molar-refractivity contribution in [3.05, 3.63) is 23.3 Å². The minimum Gasteiger partial charge on any atom is -0.299 e. The molecule has 24 heavy (non-hydrogen) atoms. The van der Waals surface area contributed by atoms with E-state index in [-0.39, 0.29) is 10.8 Å². The Morgan fingerprint density at radius 3 is 2.83 bits per heavy atom. The predicted molar refractivity (Wildman–Crippen MR) is 99.0 cm³/mol. The van der Waals surface area contributed by atoms with Crippen LogP contribution in [0, 0.1) is 22.7 Å². The molecule has 2 nitrogen and oxygen atoms in total. The Morgan fingerprint density at radius 2 is 2.04 bits per heavy atom. The summed E-state index contributed by atoms with van der Waals surface area (Å²) in [4.78, 5) is 24.5. The number of hydrogen-bond donors (Lipinski definition) is 0. The second-order valence-electron chi connectivity index (χ2n) is 8.46. The normalized spacial score (nSPS) is 41.2. The molecule has 0 radical (unpaired) electrons. The van der Waals surface area contributed by atoms with Crippen LogP contribution < -0.4 is 0 Å². The summed E-state index contributed by atoms with van der Waals surface area (Å²) in [5.74, 6) is 3.07. The summed E-state index contributed by atoms with van der Waals surface area (Å²) in [6.45, 7) is 2.21. The molecule has 2 saturated carbocycles. The first kappa shape index (κ1) is 16.6. The van der Waals surface area contributed by atoms with Crippen LogP contribution in [0.3, 0.4) is 0 Å². The van der Waals surface area contributed by atoms with Gasteiger partial charge in [-0.3, -0.25) is 9.59 Å². The molecule has 0 aromatic heterocycles. The summed E-state index contributed by atoms with van der Waals surface area (Å²) < 4.78 is 0. The lowest BCUT2D eigenvalue weighted by molar-refractivity contribution is -0.127. The molecule has 4 rings (SSSR count). The molecular weight excluding hydrogens is 316 g/mol. The lowest BCUT2D eigenvalue weighted by Gasteiger charge is -2.53. The maximum Gasteiger partial charge on any atom is 0.155 e. The number of ketones is 2. The van der Waals surface area contributed by atoms with Gasteiger partial charge in [-0.25, -0.2) is 0 Å². The van der Waals surface area contributed by atoms with E-state index in [2.05, 4.69) is 19.3 Å². The van der Waals surface area contributed by atoms with Crippen molar-refractivity contribution in [3.8, 4) is 0 Å². The predicted octanol–water partition coefficient (Wildman–Crippen LogP) is 4.74. The number of Topliss-reactive ketones (excluding diaryl/α,β-unsaturated/α-hetero) is 1. The average molecular weight is 345 g/mol. The zero-order valence-electron chi connectivity index (χ0n) is 14.9. The number of hydrogen-bond acceptors (Lipinski definition) is 3. The number of fused-ring (bicyclic) bond motifs is 5. The van der Waals surface area contributed by atoms with Crippen LogP contribution in [0.15, 0.2) is 23.3 Å². The number of carbonyl (C=O) groups is 2. The second kappa shape index (κ2) is 5.86. The fourth-order valence-electron chi connectivity index (χ4n) is 6.17. The van der Waals surface area contributed by atoms with E-state index in [0.717, 1.165) is 50.7 Å². The molecule has 0 bridgehead atoms. The second-order valence-corrected chi connectivity index (χ2v) is 9.44. The standard InChI is InChI=1S/C21H28O2S/c1-20-9-8-18-16(17(20)5-6-19(20)23)4-3-14-13-15(22)7-10-21(14,18)11-12-24-2/h8,13,16-17H,3-7,9-12H2,1-2H3/t16-,17-,20-,21+/m0/s1. The number of rotatable bonds is 3. The van der Waals surface area contributed by atoms with Crippen LogP contribution >= 0.6 is 11.8 Å². The van der Waals surface area contributed by atoms with Crippen LogP contribution in [0.1, 0.15) is 58.3 Å². The highest BCUT2D eigenvalue weighted by molar-refractivity contribution is 7.98. The SMILES string of the molecule is CSCC[C@]12CCC(=O)C=C1CC[C@@H]1C2=CC[C@]2(C)C(=O)CC[C@@H]12. The summed E-state index contributed by atoms with van der Waals surface area (Å²) in [5.41, 5.74) is 3.04. The van der Waals surface area contributed by atoms with Crippen molar-refractivity contribution in [2.75, 3.05) is 12.0 Å². The van der Waals surface area contributed by atoms with Gasteiger partial charge in [-0.1, -0.05) is 24.1 Å². The molecule has 0 saturated heterocycles. The Bertz CT molecular complexity index is 646. The van der Waals surface area contributed by atoms with Crippen molar-refractivity contribution in [2.45, 2.75) is 58.3 Å². The van der Waals surface area contributed by atoms with E-state index in [4.69, 9.17) is 0 Å². The molecule has 4 atom stereocenters. The fourth-order valence-corrected chi connectivity index (χ4v) is 6.72. The molecule has 4 aliphatic carbocycles. The van der Waals surface area contributed by atoms with Crippen molar-refractivity contribution in [1.29, 1.82) is 0 Å². The average Bonchev–Trinajstić information content (AvgIpc) is 2.88. The van der Waals surface area contributed by atoms with E-state index < -0.39 is 0 Å². The minimum absolute atomic E-state index is 0.111. The summed E-state index contributed by atoms with van der Waals surface area (Å²) >= 11 is 1.91. The van der Waals surface area contributed by atoms with Crippen molar-refractivity contribution in [2.24, 2.45) is 22.7 Å². The van der Waals surface area contributed by atoms with Gasteiger partial charge in [-0.05, 0) is 68.4 Å². The summed E-state index contributed by atoms with van der Waals surface area (Å²) in [6, 6.07) is 0. The summed E-state index contributed by atoms with van der Waals surface area (Å²) in [7, 11) is 0. The highest BCUT2D eigenvalue weighted by Crippen LogP contribution is 2.63. The molecule has 0 heterocycles. The third-order valence-corrected chi connectivity index (χ3v) is 8.14. The topological polar surface area (TPSA) is 34.1 Å². The maximum atomic E-state index is 12.5. The van der Waals surface area contributed by atoms with Crippen LogP contribution in [0.25, 0.3) is 0 Å². The van der Waals surface area contributed by atoms with Gasteiger partial charge in [0.1, 0.15) is 5.78 Å². The Labute approximate surface area is 149 Å². The number of carbonyl (C=O) groups excluding carboxylic acids is 2. The highest BCUT2D eigenvalue weighted by Gasteiger charge is 2.56. The first-order valence-electron chi connectivity index (χ1n) is 9.48. The zero-order valence-corrected chi connectivity index (χ0v) is 15.7. The molecular formula is C21H28O2S. The molecule has 0 aromatic rings. The van der Waals surface area contributed by atoms with E-state index in [1.54, 1.807) is 5.57 Å². The summed E-state index contributed by atoms with van der Waals surface area (Å²) in [6.07, 6.45) is 14.4. The molecule has 0 aromatic carbocycles. The van der Waals surface area contributed by atoms with Crippen molar-refractivity contribution in [1.82, 2.24) is 0 Å². The highest BCUT2D eigenvalue weighted by atomic mass is 32.2. The minimum atomic E-state index is -0.111. The molecule has 3 heteroatoms. The molecule has 0 amide bonds. The lowest BCUT2D eigenvalue weighted by atomic mass is 9.50. The molecule has 130 valence electrons. The molecule has 0 aliphatic heterocycles. The van der Waals surface area contributed by atoms with Crippen molar-refractivity contribution < 1.29 is 9.59 Å². The van der Waals surface area contributed by atoms with Crippen LogP contribution in [0.5, 0.6) is 0 Å². The van der Waals surface area contributed by atoms with Gasteiger partial charge >= 0.3 is 0 Å².